The van der Waals surface area contributed by atoms with E-state index in [9.17, 15) is 4.79 Å². The topological polar surface area (TPSA) is 32.3 Å². The molecule has 0 saturated heterocycles. The zero-order valence-electron chi connectivity index (χ0n) is 12.6. The molecule has 1 fully saturated rings. The molecule has 20 heavy (non-hydrogen) atoms. The second-order valence-electron chi connectivity index (χ2n) is 6.15. The maximum Gasteiger partial charge on any atom is 0.220 e. The van der Waals surface area contributed by atoms with Crippen molar-refractivity contribution in [2.45, 2.75) is 38.1 Å². The summed E-state index contributed by atoms with van der Waals surface area (Å²) in [6.07, 6.45) is 5.71. The van der Waals surface area contributed by atoms with Crippen molar-refractivity contribution in [2.75, 3.05) is 20.6 Å². The molecule has 0 bridgehead atoms. The van der Waals surface area contributed by atoms with E-state index in [0.29, 0.717) is 12.3 Å². The second kappa shape index (κ2) is 7.44. The molecular weight excluding hydrogens is 248 g/mol. The molecule has 1 aromatic carbocycles. The lowest BCUT2D eigenvalue weighted by atomic mass is 10.0. The summed E-state index contributed by atoms with van der Waals surface area (Å²) in [7, 11) is 4.08. The predicted molar refractivity (Wildman–Crippen MR) is 82.5 cm³/mol. The molecule has 1 N–H and O–H groups in total. The van der Waals surface area contributed by atoms with Crippen molar-refractivity contribution >= 4 is 5.91 Å². The van der Waals surface area contributed by atoms with Gasteiger partial charge in [-0.2, -0.15) is 0 Å². The van der Waals surface area contributed by atoms with Crippen molar-refractivity contribution in [1.29, 1.82) is 0 Å². The Bertz CT molecular complexity index is 410. The zero-order chi connectivity index (χ0) is 14.4. The van der Waals surface area contributed by atoms with Gasteiger partial charge in [-0.1, -0.05) is 43.2 Å². The summed E-state index contributed by atoms with van der Waals surface area (Å²) in [5.41, 5.74) is 1.18. The predicted octanol–water partition coefficient (Wildman–Crippen LogP) is 2.99. The molecule has 1 saturated carbocycles. The molecule has 0 radical (unpaired) electrons. The first-order valence-corrected chi connectivity index (χ1v) is 7.64. The van der Waals surface area contributed by atoms with Crippen LogP contribution in [0.2, 0.25) is 0 Å². The number of nitrogens with one attached hydrogen (secondary N) is 1. The average Bonchev–Trinajstić information content (AvgIpc) is 2.91. The normalized spacial score (nSPS) is 17.4. The van der Waals surface area contributed by atoms with Gasteiger partial charge in [-0.3, -0.25) is 4.79 Å². The molecule has 1 aliphatic rings. The number of likely N-dealkylation sites (N-methyl/N-ethyl adjacent to an activating group) is 1. The standard InChI is InChI=1S/C17H26N2O/c1-19(2)13-16(15-10-4-3-5-11-15)18-17(20)12-14-8-6-7-9-14/h3-5,10-11,14,16H,6-9,12-13H2,1-2H3,(H,18,20)/t16-/m0/s1. The molecule has 1 aliphatic carbocycles. The number of rotatable bonds is 6. The maximum atomic E-state index is 12.2. The van der Waals surface area contributed by atoms with E-state index in [4.69, 9.17) is 0 Å². The quantitative estimate of drug-likeness (QED) is 0.865. The van der Waals surface area contributed by atoms with Crippen LogP contribution in [0.3, 0.4) is 0 Å². The fourth-order valence-electron chi connectivity index (χ4n) is 3.01. The molecule has 0 aliphatic heterocycles. The van der Waals surface area contributed by atoms with Crippen molar-refractivity contribution in [1.82, 2.24) is 10.2 Å². The highest BCUT2D eigenvalue weighted by Crippen LogP contribution is 2.27. The van der Waals surface area contributed by atoms with E-state index < -0.39 is 0 Å². The summed E-state index contributed by atoms with van der Waals surface area (Å²) in [6, 6.07) is 10.3. The summed E-state index contributed by atoms with van der Waals surface area (Å²) < 4.78 is 0. The SMILES string of the molecule is CN(C)C[C@H](NC(=O)CC1CCCC1)c1ccccc1. The molecule has 0 aromatic heterocycles. The highest BCUT2D eigenvalue weighted by atomic mass is 16.1. The van der Waals surface area contributed by atoms with E-state index in [1.54, 1.807) is 0 Å². The highest BCUT2D eigenvalue weighted by molar-refractivity contribution is 5.76. The highest BCUT2D eigenvalue weighted by Gasteiger charge is 2.21. The molecule has 0 heterocycles. The lowest BCUT2D eigenvalue weighted by Gasteiger charge is -2.23. The smallest absolute Gasteiger partial charge is 0.220 e. The minimum absolute atomic E-state index is 0.0834. The van der Waals surface area contributed by atoms with Crippen LogP contribution in [0.15, 0.2) is 30.3 Å². The van der Waals surface area contributed by atoms with Gasteiger partial charge in [-0.05, 0) is 38.4 Å². The molecule has 3 heteroatoms. The molecule has 110 valence electrons. The Balaban J connectivity index is 1.94. The lowest BCUT2D eigenvalue weighted by molar-refractivity contribution is -0.122. The Kier molecular flexibility index (Phi) is 5.60. The minimum atomic E-state index is 0.0834. The monoisotopic (exact) mass is 274 g/mol. The summed E-state index contributed by atoms with van der Waals surface area (Å²) in [4.78, 5) is 14.4. The van der Waals surface area contributed by atoms with Crippen molar-refractivity contribution in [2.24, 2.45) is 5.92 Å². The Hall–Kier alpha value is -1.35. The maximum absolute atomic E-state index is 12.2. The van der Waals surface area contributed by atoms with Gasteiger partial charge in [0.2, 0.25) is 5.91 Å². The van der Waals surface area contributed by atoms with Gasteiger partial charge in [-0.25, -0.2) is 0 Å². The van der Waals surface area contributed by atoms with Crippen LogP contribution in [-0.4, -0.2) is 31.4 Å². The first kappa shape index (κ1) is 15.0. The van der Waals surface area contributed by atoms with E-state index >= 15 is 0 Å². The van der Waals surface area contributed by atoms with E-state index in [2.05, 4.69) is 22.3 Å². The second-order valence-corrected chi connectivity index (χ2v) is 6.15. The van der Waals surface area contributed by atoms with Crippen molar-refractivity contribution in [3.8, 4) is 0 Å². The van der Waals surface area contributed by atoms with E-state index in [-0.39, 0.29) is 11.9 Å². The van der Waals surface area contributed by atoms with Gasteiger partial charge in [0.25, 0.3) is 0 Å². The van der Waals surface area contributed by atoms with Crippen LogP contribution in [-0.2, 0) is 4.79 Å². The minimum Gasteiger partial charge on any atom is -0.348 e. The number of carbonyl (C=O) groups is 1. The van der Waals surface area contributed by atoms with Crippen LogP contribution >= 0.6 is 0 Å². The third-order valence-electron chi connectivity index (χ3n) is 4.03. The first-order chi connectivity index (χ1) is 9.65. The molecule has 1 amide bonds. The molecule has 3 nitrogen and oxygen atoms in total. The number of hydrogen-bond donors (Lipinski definition) is 1. The average molecular weight is 274 g/mol. The van der Waals surface area contributed by atoms with Crippen molar-refractivity contribution in [3.63, 3.8) is 0 Å². The third kappa shape index (κ3) is 4.64. The largest absolute Gasteiger partial charge is 0.348 e. The summed E-state index contributed by atoms with van der Waals surface area (Å²) in [6.45, 7) is 0.834. The van der Waals surface area contributed by atoms with E-state index in [1.807, 2.05) is 32.3 Å². The van der Waals surface area contributed by atoms with Crippen molar-refractivity contribution in [3.05, 3.63) is 35.9 Å². The number of nitrogens with zero attached hydrogens (tertiary/aromatic N) is 1. The Morgan fingerprint density at radius 2 is 1.90 bits per heavy atom. The first-order valence-electron chi connectivity index (χ1n) is 7.64. The summed E-state index contributed by atoms with van der Waals surface area (Å²) >= 11 is 0. The van der Waals surface area contributed by atoms with Crippen LogP contribution in [0.1, 0.15) is 43.7 Å². The van der Waals surface area contributed by atoms with Gasteiger partial charge in [0.1, 0.15) is 0 Å². The Morgan fingerprint density at radius 3 is 2.50 bits per heavy atom. The fraction of sp³-hybridized carbons (Fsp3) is 0.588. The number of carbonyl (C=O) groups excluding carboxylic acids is 1. The van der Waals surface area contributed by atoms with Crippen molar-refractivity contribution < 1.29 is 4.79 Å². The van der Waals surface area contributed by atoms with Gasteiger partial charge in [-0.15, -0.1) is 0 Å². The zero-order valence-corrected chi connectivity index (χ0v) is 12.6. The molecule has 1 atom stereocenters. The number of hydrogen-bond acceptors (Lipinski definition) is 2. The molecule has 1 aromatic rings. The molecule has 0 spiro atoms. The van der Waals surface area contributed by atoms with Crippen LogP contribution in [0.25, 0.3) is 0 Å². The van der Waals surface area contributed by atoms with Gasteiger partial charge in [0.15, 0.2) is 0 Å². The van der Waals surface area contributed by atoms with Crippen LogP contribution < -0.4 is 5.32 Å². The van der Waals surface area contributed by atoms with Gasteiger partial charge in [0, 0.05) is 13.0 Å². The number of amides is 1. The number of benzene rings is 1. The lowest BCUT2D eigenvalue weighted by Crippen LogP contribution is -2.35. The summed E-state index contributed by atoms with van der Waals surface area (Å²) in [5, 5.41) is 3.21. The molecule has 0 unspecified atom stereocenters. The van der Waals surface area contributed by atoms with Crippen LogP contribution in [0, 0.1) is 5.92 Å². The Morgan fingerprint density at radius 1 is 1.25 bits per heavy atom. The summed E-state index contributed by atoms with van der Waals surface area (Å²) in [5.74, 6) is 0.804. The fourth-order valence-corrected chi connectivity index (χ4v) is 3.01. The van der Waals surface area contributed by atoms with Gasteiger partial charge in [0.05, 0.1) is 6.04 Å². The Labute approximate surface area is 122 Å². The molecule has 2 rings (SSSR count). The van der Waals surface area contributed by atoms with Crippen LogP contribution in [0.5, 0.6) is 0 Å². The van der Waals surface area contributed by atoms with E-state index in [1.165, 1.54) is 31.2 Å². The van der Waals surface area contributed by atoms with E-state index in [0.717, 1.165) is 6.54 Å². The van der Waals surface area contributed by atoms with Gasteiger partial charge >= 0.3 is 0 Å². The third-order valence-corrected chi connectivity index (χ3v) is 4.03. The van der Waals surface area contributed by atoms with Crippen LogP contribution in [0.4, 0.5) is 0 Å². The molecular formula is C17H26N2O. The van der Waals surface area contributed by atoms with Gasteiger partial charge < -0.3 is 10.2 Å².